The number of rotatable bonds is 7. The lowest BCUT2D eigenvalue weighted by Gasteiger charge is -2.07. The fraction of sp³-hybridized carbons (Fsp3) is 0.333. The normalized spacial score (nSPS) is 10.8. The molecule has 11 heteroatoms. The zero-order valence-corrected chi connectivity index (χ0v) is 15.0. The van der Waals surface area contributed by atoms with Gasteiger partial charge in [0, 0.05) is 25.2 Å². The van der Waals surface area contributed by atoms with Gasteiger partial charge in [0.15, 0.2) is 11.6 Å². The molecule has 26 heavy (non-hydrogen) atoms. The zero-order valence-electron chi connectivity index (χ0n) is 14.2. The van der Waals surface area contributed by atoms with Gasteiger partial charge >= 0.3 is 0 Å². The van der Waals surface area contributed by atoms with Gasteiger partial charge < -0.3 is 19.6 Å². The molecule has 0 aliphatic carbocycles. The Morgan fingerprint density at radius 3 is 3.00 bits per heavy atom. The Morgan fingerprint density at radius 1 is 1.46 bits per heavy atom. The Kier molecular flexibility index (Phi) is 5.49. The Morgan fingerprint density at radius 2 is 2.31 bits per heavy atom. The van der Waals surface area contributed by atoms with Gasteiger partial charge in [0.05, 0.1) is 18.2 Å². The van der Waals surface area contributed by atoms with E-state index in [2.05, 4.69) is 30.5 Å². The van der Waals surface area contributed by atoms with Crippen molar-refractivity contribution in [1.29, 1.82) is 0 Å². The van der Waals surface area contributed by atoms with E-state index >= 15 is 0 Å². The molecule has 0 bridgehead atoms. The van der Waals surface area contributed by atoms with Crippen LogP contribution in [-0.2, 0) is 17.8 Å². The Hall–Kier alpha value is -2.92. The van der Waals surface area contributed by atoms with Crippen LogP contribution >= 0.6 is 11.3 Å². The first-order valence-electron chi connectivity index (χ1n) is 7.74. The fourth-order valence-corrected chi connectivity index (χ4v) is 2.80. The molecular weight excluding hydrogens is 358 g/mol. The maximum Gasteiger partial charge on any atom is 0.264 e. The maximum atomic E-state index is 12.3. The van der Waals surface area contributed by atoms with Crippen LogP contribution in [0.2, 0.25) is 0 Å². The van der Waals surface area contributed by atoms with E-state index in [1.807, 2.05) is 6.92 Å². The van der Waals surface area contributed by atoms with Crippen molar-refractivity contribution in [1.82, 2.24) is 35.0 Å². The van der Waals surface area contributed by atoms with Crippen molar-refractivity contribution in [3.05, 3.63) is 44.7 Å². The second-order valence-corrected chi connectivity index (χ2v) is 6.40. The average Bonchev–Trinajstić information content (AvgIpc) is 3.26. The molecule has 0 aromatic carbocycles. The summed E-state index contributed by atoms with van der Waals surface area (Å²) < 4.78 is 6.77. The molecule has 0 saturated heterocycles. The van der Waals surface area contributed by atoms with Crippen LogP contribution in [0.4, 0.5) is 0 Å². The van der Waals surface area contributed by atoms with Gasteiger partial charge in [-0.2, -0.15) is 0 Å². The van der Waals surface area contributed by atoms with E-state index in [-0.39, 0.29) is 12.1 Å². The third kappa shape index (κ3) is 4.00. The molecule has 0 fully saturated rings. The largest absolute Gasteiger partial charge is 0.383 e. The van der Waals surface area contributed by atoms with Crippen molar-refractivity contribution in [2.75, 3.05) is 13.7 Å². The highest BCUT2D eigenvalue weighted by Gasteiger charge is 2.14. The Bertz CT molecular complexity index is 962. The molecule has 0 aliphatic heterocycles. The second kappa shape index (κ2) is 7.97. The van der Waals surface area contributed by atoms with Crippen molar-refractivity contribution < 1.29 is 9.53 Å². The highest BCUT2D eigenvalue weighted by Crippen LogP contribution is 2.16. The van der Waals surface area contributed by atoms with Gasteiger partial charge in [-0.05, 0) is 6.92 Å². The quantitative estimate of drug-likeness (QED) is 0.610. The number of aromatic nitrogens is 6. The molecule has 0 aliphatic rings. The number of aromatic amines is 1. The lowest BCUT2D eigenvalue weighted by Crippen LogP contribution is -2.30. The van der Waals surface area contributed by atoms with Crippen LogP contribution in [-0.4, -0.2) is 49.3 Å². The zero-order chi connectivity index (χ0) is 18.5. The molecule has 0 saturated carbocycles. The van der Waals surface area contributed by atoms with E-state index < -0.39 is 11.5 Å². The topological polar surface area (TPSA) is 128 Å². The number of nitrogens with zero attached hydrogens (tertiary/aromatic N) is 5. The lowest BCUT2D eigenvalue weighted by molar-refractivity contribution is 0.0947. The van der Waals surface area contributed by atoms with Crippen molar-refractivity contribution in [2.24, 2.45) is 0 Å². The molecule has 0 unspecified atom stereocenters. The molecule has 3 aromatic heterocycles. The molecule has 3 aromatic rings. The number of aryl methyl sites for hydroxylation is 1. The maximum absolute atomic E-state index is 12.3. The van der Waals surface area contributed by atoms with Crippen LogP contribution in [0.15, 0.2) is 22.7 Å². The third-order valence-corrected chi connectivity index (χ3v) is 4.32. The summed E-state index contributed by atoms with van der Waals surface area (Å²) in [6, 6.07) is 0. The Balaban J connectivity index is 1.69. The molecule has 1 amide bonds. The number of hydrogen-bond acceptors (Lipinski definition) is 8. The predicted octanol–water partition coefficient (Wildman–Crippen LogP) is 0.370. The number of thiazole rings is 1. The Labute approximate surface area is 152 Å². The molecule has 0 atom stereocenters. The average molecular weight is 375 g/mol. The van der Waals surface area contributed by atoms with Gasteiger partial charge in [-0.25, -0.2) is 9.97 Å². The van der Waals surface area contributed by atoms with Crippen molar-refractivity contribution >= 4 is 17.2 Å². The van der Waals surface area contributed by atoms with Crippen LogP contribution in [0, 0.1) is 6.92 Å². The molecule has 2 N–H and O–H groups in total. The van der Waals surface area contributed by atoms with Crippen molar-refractivity contribution in [3.8, 4) is 11.5 Å². The van der Waals surface area contributed by atoms with Crippen LogP contribution in [0.1, 0.15) is 21.2 Å². The summed E-state index contributed by atoms with van der Waals surface area (Å²) in [6.07, 6.45) is 2.80. The van der Waals surface area contributed by atoms with Crippen LogP contribution < -0.4 is 10.9 Å². The minimum Gasteiger partial charge on any atom is -0.383 e. The summed E-state index contributed by atoms with van der Waals surface area (Å²) in [5.74, 6) is 0.352. The van der Waals surface area contributed by atoms with Gasteiger partial charge in [0.25, 0.3) is 11.5 Å². The second-order valence-electron chi connectivity index (χ2n) is 5.34. The lowest BCUT2D eigenvalue weighted by atomic mass is 10.3. The summed E-state index contributed by atoms with van der Waals surface area (Å²) in [7, 11) is 1.60. The number of carbonyl (C=O) groups is 1. The van der Waals surface area contributed by atoms with Gasteiger partial charge in [-0.15, -0.1) is 21.5 Å². The molecular formula is C15H17N7O3S. The smallest absolute Gasteiger partial charge is 0.264 e. The van der Waals surface area contributed by atoms with E-state index in [4.69, 9.17) is 4.74 Å². The first-order valence-corrected chi connectivity index (χ1v) is 8.62. The standard InChI is InChI=1S/C15H17N7O3S/c1-9-19-11(7-26-9)13-16-5-10(15(24)20-13)14(23)17-6-12-21-18-8-22(12)3-4-25-2/h5,7-8H,3-4,6H2,1-2H3,(H,17,23)(H,16,20,24). The minimum atomic E-state index is -0.541. The van der Waals surface area contributed by atoms with Gasteiger partial charge in [-0.1, -0.05) is 0 Å². The molecule has 0 radical (unpaired) electrons. The number of ether oxygens (including phenoxy) is 1. The van der Waals surface area contributed by atoms with Gasteiger partial charge in [0.1, 0.15) is 17.6 Å². The first kappa shape index (κ1) is 17.9. The van der Waals surface area contributed by atoms with E-state index in [0.717, 1.165) is 5.01 Å². The van der Waals surface area contributed by atoms with Crippen LogP contribution in [0.25, 0.3) is 11.5 Å². The molecule has 0 spiro atoms. The van der Waals surface area contributed by atoms with Crippen LogP contribution in [0.5, 0.6) is 0 Å². The molecule has 10 nitrogen and oxygen atoms in total. The minimum absolute atomic E-state index is 0.0799. The number of nitrogens with one attached hydrogen (secondary N) is 2. The van der Waals surface area contributed by atoms with E-state index in [1.54, 1.807) is 23.4 Å². The number of carbonyl (C=O) groups excluding carboxylic acids is 1. The van der Waals surface area contributed by atoms with Crippen molar-refractivity contribution in [3.63, 3.8) is 0 Å². The number of amides is 1. The number of H-pyrrole nitrogens is 1. The summed E-state index contributed by atoms with van der Waals surface area (Å²) in [5.41, 5.74) is -0.0366. The highest BCUT2D eigenvalue weighted by atomic mass is 32.1. The van der Waals surface area contributed by atoms with Gasteiger partial charge in [0.2, 0.25) is 0 Å². The summed E-state index contributed by atoms with van der Waals surface area (Å²) in [4.78, 5) is 35.4. The highest BCUT2D eigenvalue weighted by molar-refractivity contribution is 7.09. The molecule has 136 valence electrons. The van der Waals surface area contributed by atoms with E-state index in [0.29, 0.717) is 30.5 Å². The summed E-state index contributed by atoms with van der Waals surface area (Å²) >= 11 is 1.45. The number of hydrogen-bond donors (Lipinski definition) is 2. The summed E-state index contributed by atoms with van der Waals surface area (Å²) in [6.45, 7) is 3.06. The molecule has 3 rings (SSSR count). The van der Waals surface area contributed by atoms with E-state index in [9.17, 15) is 9.59 Å². The fourth-order valence-electron chi connectivity index (χ4n) is 2.21. The third-order valence-electron chi connectivity index (χ3n) is 3.54. The SMILES string of the molecule is COCCn1cnnc1CNC(=O)c1cnc(-c2csc(C)n2)[nH]c1=O. The molecule has 3 heterocycles. The van der Waals surface area contributed by atoms with Gasteiger partial charge in [-0.3, -0.25) is 9.59 Å². The number of methoxy groups -OCH3 is 1. The van der Waals surface area contributed by atoms with Crippen LogP contribution in [0.3, 0.4) is 0 Å². The summed E-state index contributed by atoms with van der Waals surface area (Å²) in [5, 5.41) is 13.1. The van der Waals surface area contributed by atoms with Crippen molar-refractivity contribution in [2.45, 2.75) is 20.0 Å². The van der Waals surface area contributed by atoms with E-state index in [1.165, 1.54) is 17.5 Å². The predicted molar refractivity (Wildman–Crippen MR) is 93.8 cm³/mol. The monoisotopic (exact) mass is 375 g/mol. The first-order chi connectivity index (χ1) is 12.6.